The lowest BCUT2D eigenvalue weighted by atomic mass is 9.75. The molecule has 0 bridgehead atoms. The minimum absolute atomic E-state index is 0.470. The normalized spacial score (nSPS) is 23.9. The van der Waals surface area contributed by atoms with Gasteiger partial charge in [0.1, 0.15) is 0 Å². The van der Waals surface area contributed by atoms with Gasteiger partial charge in [-0.1, -0.05) is 20.8 Å². The molecule has 1 aliphatic rings. The molecule has 0 aliphatic heterocycles. The van der Waals surface area contributed by atoms with Crippen LogP contribution in [-0.2, 0) is 4.79 Å². The first kappa shape index (κ1) is 15.5. The summed E-state index contributed by atoms with van der Waals surface area (Å²) in [5, 5.41) is 9.34. The van der Waals surface area contributed by atoms with E-state index in [0.29, 0.717) is 24.4 Å². The van der Waals surface area contributed by atoms with Crippen molar-refractivity contribution >= 4 is 5.97 Å². The third-order valence-electron chi connectivity index (χ3n) is 4.83. The van der Waals surface area contributed by atoms with Crippen LogP contribution in [-0.4, -0.2) is 35.6 Å². The van der Waals surface area contributed by atoms with E-state index in [9.17, 15) is 9.90 Å². The monoisotopic (exact) mass is 255 g/mol. The lowest BCUT2D eigenvalue weighted by Crippen LogP contribution is -2.45. The van der Waals surface area contributed by atoms with Crippen LogP contribution in [0.15, 0.2) is 0 Å². The van der Waals surface area contributed by atoms with E-state index in [0.717, 1.165) is 0 Å². The van der Waals surface area contributed by atoms with Crippen molar-refractivity contribution in [3.05, 3.63) is 0 Å². The molecule has 0 heterocycles. The van der Waals surface area contributed by atoms with Gasteiger partial charge in [0.2, 0.25) is 0 Å². The molecule has 1 N–H and O–H groups in total. The molecule has 1 saturated carbocycles. The summed E-state index contributed by atoms with van der Waals surface area (Å²) in [6, 6.07) is 0.559. The minimum atomic E-state index is -0.673. The smallest absolute Gasteiger partial charge is 0.310 e. The first-order chi connectivity index (χ1) is 8.20. The molecule has 0 saturated heterocycles. The molecule has 0 aromatic heterocycles. The van der Waals surface area contributed by atoms with Crippen LogP contribution in [0.5, 0.6) is 0 Å². The molecular formula is C15H29NO2. The highest BCUT2D eigenvalue weighted by Crippen LogP contribution is 2.37. The van der Waals surface area contributed by atoms with Crippen LogP contribution < -0.4 is 0 Å². The largest absolute Gasteiger partial charge is 0.481 e. The summed E-state index contributed by atoms with van der Waals surface area (Å²) in [7, 11) is 2.08. The van der Waals surface area contributed by atoms with Gasteiger partial charge in [0.15, 0.2) is 0 Å². The van der Waals surface area contributed by atoms with Crippen molar-refractivity contribution in [2.24, 2.45) is 10.8 Å². The topological polar surface area (TPSA) is 40.5 Å². The second-order valence-electron chi connectivity index (χ2n) is 7.03. The highest BCUT2D eigenvalue weighted by molar-refractivity contribution is 5.74. The molecule has 106 valence electrons. The Morgan fingerprint density at radius 1 is 1.39 bits per heavy atom. The molecule has 0 radical (unpaired) electrons. The van der Waals surface area contributed by atoms with Gasteiger partial charge in [-0.25, -0.2) is 0 Å². The molecule has 3 heteroatoms. The summed E-state index contributed by atoms with van der Waals surface area (Å²) in [6.07, 6.45) is 5.58. The van der Waals surface area contributed by atoms with Crippen LogP contribution in [0.4, 0.5) is 0 Å². The summed E-state index contributed by atoms with van der Waals surface area (Å²) in [6.45, 7) is 9.14. The van der Waals surface area contributed by atoms with E-state index < -0.39 is 11.4 Å². The van der Waals surface area contributed by atoms with Crippen LogP contribution in [0.2, 0.25) is 0 Å². The van der Waals surface area contributed by atoms with E-state index in [1.807, 2.05) is 13.8 Å². The molecule has 1 fully saturated rings. The summed E-state index contributed by atoms with van der Waals surface area (Å²) < 4.78 is 0. The minimum Gasteiger partial charge on any atom is -0.481 e. The van der Waals surface area contributed by atoms with E-state index in [1.54, 1.807) is 0 Å². The summed E-state index contributed by atoms with van der Waals surface area (Å²) in [5.41, 5.74) is -0.139. The highest BCUT2D eigenvalue weighted by atomic mass is 16.4. The molecule has 0 aromatic rings. The summed E-state index contributed by atoms with van der Waals surface area (Å²) in [4.78, 5) is 13.6. The second-order valence-corrected chi connectivity index (χ2v) is 7.03. The fraction of sp³-hybridized carbons (Fsp3) is 0.933. The molecule has 1 unspecified atom stereocenters. The standard InChI is InChI=1S/C15H29NO2/c1-6-15(4,13(17)18)11-16(5)12-7-9-14(2,3)10-8-12/h12H,6-11H2,1-5H3,(H,17,18). The Morgan fingerprint density at radius 3 is 2.28 bits per heavy atom. The van der Waals surface area contributed by atoms with Gasteiger partial charge in [0.05, 0.1) is 5.41 Å². The van der Waals surface area contributed by atoms with Crippen LogP contribution in [0.3, 0.4) is 0 Å². The predicted octanol–water partition coefficient (Wildman–Crippen LogP) is 3.39. The molecule has 0 amide bonds. The Hall–Kier alpha value is -0.570. The van der Waals surface area contributed by atoms with Crippen LogP contribution in [0.1, 0.15) is 59.8 Å². The van der Waals surface area contributed by atoms with E-state index in [4.69, 9.17) is 0 Å². The Kier molecular flexibility index (Phi) is 4.82. The lowest BCUT2D eigenvalue weighted by molar-refractivity contribution is -0.149. The maximum atomic E-state index is 11.3. The molecular weight excluding hydrogens is 226 g/mol. The van der Waals surface area contributed by atoms with Crippen molar-refractivity contribution < 1.29 is 9.90 Å². The van der Waals surface area contributed by atoms with E-state index >= 15 is 0 Å². The average Bonchev–Trinajstić information content (AvgIpc) is 2.28. The van der Waals surface area contributed by atoms with Gasteiger partial charge in [-0.2, -0.15) is 0 Å². The number of carboxylic acids is 1. The molecule has 0 spiro atoms. The fourth-order valence-corrected chi connectivity index (χ4v) is 2.84. The van der Waals surface area contributed by atoms with E-state index in [2.05, 4.69) is 25.8 Å². The third-order valence-corrected chi connectivity index (χ3v) is 4.83. The van der Waals surface area contributed by atoms with Crippen molar-refractivity contribution in [1.82, 2.24) is 4.90 Å². The fourth-order valence-electron chi connectivity index (χ4n) is 2.84. The zero-order chi connectivity index (χ0) is 14.0. The molecule has 3 nitrogen and oxygen atoms in total. The van der Waals surface area contributed by atoms with Crippen molar-refractivity contribution in [2.45, 2.75) is 65.8 Å². The molecule has 1 atom stereocenters. The van der Waals surface area contributed by atoms with Gasteiger partial charge in [-0.3, -0.25) is 4.79 Å². The average molecular weight is 255 g/mol. The summed E-state index contributed by atoms with van der Waals surface area (Å²) in [5.74, 6) is -0.673. The van der Waals surface area contributed by atoms with Gasteiger partial charge in [-0.15, -0.1) is 0 Å². The Labute approximate surface area is 112 Å². The first-order valence-electron chi connectivity index (χ1n) is 7.14. The van der Waals surface area contributed by atoms with Gasteiger partial charge in [0.25, 0.3) is 0 Å². The maximum Gasteiger partial charge on any atom is 0.310 e. The van der Waals surface area contributed by atoms with E-state index in [-0.39, 0.29) is 0 Å². The molecule has 1 rings (SSSR count). The van der Waals surface area contributed by atoms with Crippen molar-refractivity contribution in [3.63, 3.8) is 0 Å². The van der Waals surface area contributed by atoms with Crippen LogP contribution in [0.25, 0.3) is 0 Å². The lowest BCUT2D eigenvalue weighted by Gasteiger charge is -2.41. The van der Waals surface area contributed by atoms with Gasteiger partial charge < -0.3 is 10.0 Å². The number of nitrogens with zero attached hydrogens (tertiary/aromatic N) is 1. The zero-order valence-corrected chi connectivity index (χ0v) is 12.6. The number of rotatable bonds is 5. The number of carboxylic acid groups (broad SMARTS) is 1. The Morgan fingerprint density at radius 2 is 1.89 bits per heavy atom. The highest BCUT2D eigenvalue weighted by Gasteiger charge is 2.36. The number of hydrogen-bond acceptors (Lipinski definition) is 2. The van der Waals surface area contributed by atoms with Gasteiger partial charge in [0, 0.05) is 12.6 Å². The third kappa shape index (κ3) is 3.71. The Balaban J connectivity index is 2.56. The molecule has 1 aliphatic carbocycles. The number of carbonyl (C=O) groups is 1. The van der Waals surface area contributed by atoms with Crippen LogP contribution in [0, 0.1) is 10.8 Å². The summed E-state index contributed by atoms with van der Waals surface area (Å²) >= 11 is 0. The SMILES string of the molecule is CCC(C)(CN(C)C1CCC(C)(C)CC1)C(=O)O. The predicted molar refractivity (Wildman–Crippen MR) is 74.7 cm³/mol. The van der Waals surface area contributed by atoms with Gasteiger partial charge >= 0.3 is 5.97 Å². The number of hydrogen-bond donors (Lipinski definition) is 1. The Bertz CT molecular complexity index is 291. The maximum absolute atomic E-state index is 11.3. The quantitative estimate of drug-likeness (QED) is 0.818. The van der Waals surface area contributed by atoms with Gasteiger partial charge in [-0.05, 0) is 51.5 Å². The van der Waals surface area contributed by atoms with Crippen LogP contribution >= 0.6 is 0 Å². The van der Waals surface area contributed by atoms with Crippen molar-refractivity contribution in [1.29, 1.82) is 0 Å². The van der Waals surface area contributed by atoms with Crippen molar-refractivity contribution in [2.75, 3.05) is 13.6 Å². The second kappa shape index (κ2) is 5.60. The molecule has 18 heavy (non-hydrogen) atoms. The van der Waals surface area contributed by atoms with E-state index in [1.165, 1.54) is 25.7 Å². The molecule has 0 aromatic carbocycles. The zero-order valence-electron chi connectivity index (χ0n) is 12.6. The van der Waals surface area contributed by atoms with Crippen molar-refractivity contribution in [3.8, 4) is 0 Å². The number of aliphatic carboxylic acids is 1. The first-order valence-corrected chi connectivity index (χ1v) is 7.14.